The number of nitrogen functional groups attached to an aromatic ring is 1. The molecule has 1 aromatic carbocycles. The minimum atomic E-state index is -2.73. The summed E-state index contributed by atoms with van der Waals surface area (Å²) in [6.45, 7) is 0. The first kappa shape index (κ1) is 19.3. The van der Waals surface area contributed by atoms with Crippen LogP contribution in [-0.4, -0.2) is 36.2 Å². The molecule has 1 aliphatic rings. The van der Waals surface area contributed by atoms with Crippen molar-refractivity contribution in [3.05, 3.63) is 35.2 Å². The highest BCUT2D eigenvalue weighted by Gasteiger charge is 2.36. The fourth-order valence-corrected chi connectivity index (χ4v) is 6.05. The molecule has 1 aliphatic heterocycles. The molecule has 148 valence electrons. The summed E-state index contributed by atoms with van der Waals surface area (Å²) in [5.74, 6) is -2.51. The third-order valence-corrected chi connectivity index (χ3v) is 8.08. The van der Waals surface area contributed by atoms with Gasteiger partial charge < -0.3 is 10.3 Å². The zero-order valence-corrected chi connectivity index (χ0v) is 17.4. The van der Waals surface area contributed by atoms with Gasteiger partial charge in [-0.05, 0) is 33.6 Å². The standard InChI is InChI=1S/C18H18BrF2N5OS/c1-26-15(19)13(14-16(22)23-10-24-17(14)26)11-2-4-12(5-3-11)25-28(27)8-6-18(20,21)7-9-28/h2-5,10H,6-9H2,1H3,(H2,22,23,24). The predicted octanol–water partition coefficient (Wildman–Crippen LogP) is 4.51. The molecule has 2 N–H and O–H groups in total. The molecule has 1 saturated heterocycles. The number of hydrogen-bond acceptors (Lipinski definition) is 5. The molecule has 6 nitrogen and oxygen atoms in total. The van der Waals surface area contributed by atoms with Crippen molar-refractivity contribution in [3.8, 4) is 11.1 Å². The molecule has 3 heterocycles. The number of nitrogens with zero attached hydrogens (tertiary/aromatic N) is 4. The van der Waals surface area contributed by atoms with Gasteiger partial charge in [0.25, 0.3) is 0 Å². The number of anilines is 1. The van der Waals surface area contributed by atoms with Gasteiger partial charge in [-0.25, -0.2) is 23.0 Å². The molecule has 0 spiro atoms. The summed E-state index contributed by atoms with van der Waals surface area (Å²) < 4.78 is 46.4. The fourth-order valence-electron chi connectivity index (χ4n) is 3.33. The number of alkyl halides is 2. The maximum absolute atomic E-state index is 13.3. The van der Waals surface area contributed by atoms with Crippen molar-refractivity contribution in [2.45, 2.75) is 18.8 Å². The van der Waals surface area contributed by atoms with E-state index in [1.807, 2.05) is 23.7 Å². The average Bonchev–Trinajstić information content (AvgIpc) is 2.92. The van der Waals surface area contributed by atoms with E-state index in [-0.39, 0.29) is 24.3 Å². The second-order valence-corrected chi connectivity index (χ2v) is 10.2. The van der Waals surface area contributed by atoms with Crippen LogP contribution in [0, 0.1) is 0 Å². The van der Waals surface area contributed by atoms with Crippen molar-refractivity contribution in [2.75, 3.05) is 17.2 Å². The number of aryl methyl sites for hydroxylation is 1. The van der Waals surface area contributed by atoms with Crippen molar-refractivity contribution >= 4 is 48.2 Å². The van der Waals surface area contributed by atoms with Crippen molar-refractivity contribution in [1.82, 2.24) is 14.5 Å². The summed E-state index contributed by atoms with van der Waals surface area (Å²) >= 11 is 3.58. The highest BCUT2D eigenvalue weighted by molar-refractivity contribution is 9.10. The first-order valence-electron chi connectivity index (χ1n) is 8.64. The molecule has 10 heteroatoms. The Morgan fingerprint density at radius 2 is 1.86 bits per heavy atom. The number of nitrogens with two attached hydrogens (primary N) is 1. The summed E-state index contributed by atoms with van der Waals surface area (Å²) in [6.07, 6.45) is 0.658. The van der Waals surface area contributed by atoms with E-state index in [4.69, 9.17) is 5.73 Å². The van der Waals surface area contributed by atoms with Gasteiger partial charge in [0.2, 0.25) is 5.92 Å². The molecule has 3 aromatic rings. The molecule has 0 saturated carbocycles. The van der Waals surface area contributed by atoms with E-state index in [9.17, 15) is 13.0 Å². The van der Waals surface area contributed by atoms with Crippen LogP contribution in [0.4, 0.5) is 20.3 Å². The molecule has 28 heavy (non-hydrogen) atoms. The lowest BCUT2D eigenvalue weighted by Gasteiger charge is -2.23. The van der Waals surface area contributed by atoms with Crippen LogP contribution in [0.3, 0.4) is 0 Å². The molecule has 0 bridgehead atoms. The van der Waals surface area contributed by atoms with E-state index >= 15 is 0 Å². The van der Waals surface area contributed by atoms with E-state index in [0.29, 0.717) is 17.2 Å². The number of fused-ring (bicyclic) bond motifs is 1. The second-order valence-electron chi connectivity index (χ2n) is 6.86. The largest absolute Gasteiger partial charge is 0.383 e. The molecule has 0 atom stereocenters. The number of benzene rings is 1. The third-order valence-electron chi connectivity index (χ3n) is 4.93. The number of aromatic nitrogens is 3. The fraction of sp³-hybridized carbons (Fsp3) is 0.333. The predicted molar refractivity (Wildman–Crippen MR) is 110 cm³/mol. The van der Waals surface area contributed by atoms with Gasteiger partial charge >= 0.3 is 0 Å². The Hall–Kier alpha value is -2.07. The van der Waals surface area contributed by atoms with Crippen LogP contribution in [-0.2, 0) is 16.8 Å². The molecule has 0 radical (unpaired) electrons. The van der Waals surface area contributed by atoms with Gasteiger partial charge in [0.15, 0.2) is 0 Å². The van der Waals surface area contributed by atoms with Crippen molar-refractivity contribution in [1.29, 1.82) is 0 Å². The van der Waals surface area contributed by atoms with E-state index in [2.05, 4.69) is 30.3 Å². The van der Waals surface area contributed by atoms with Crippen molar-refractivity contribution in [2.24, 2.45) is 11.4 Å². The minimum Gasteiger partial charge on any atom is -0.383 e. The number of halogens is 3. The highest BCUT2D eigenvalue weighted by Crippen LogP contribution is 2.39. The molecule has 0 aliphatic carbocycles. The average molecular weight is 470 g/mol. The Labute approximate surface area is 169 Å². The zero-order valence-electron chi connectivity index (χ0n) is 15.0. The van der Waals surface area contributed by atoms with E-state index in [0.717, 1.165) is 21.1 Å². The molecule has 0 amide bonds. The van der Waals surface area contributed by atoms with Crippen LogP contribution in [0.15, 0.2) is 39.6 Å². The number of rotatable bonds is 2. The third kappa shape index (κ3) is 3.39. The molecular formula is C18H18BrF2N5OS. The van der Waals surface area contributed by atoms with Crippen molar-refractivity contribution < 1.29 is 13.0 Å². The monoisotopic (exact) mass is 469 g/mol. The first-order valence-corrected chi connectivity index (χ1v) is 11.3. The smallest absolute Gasteiger partial charge is 0.250 e. The minimum absolute atomic E-state index is 0.0789. The summed E-state index contributed by atoms with van der Waals surface area (Å²) in [5, 5.41) is 0.738. The SMILES string of the molecule is Cn1c(Br)c(-c2ccc(N=S3(=O)CCC(F)(F)CC3)cc2)c2c(N)ncnc21. The molecule has 1 fully saturated rings. The van der Waals surface area contributed by atoms with E-state index in [1.54, 1.807) is 12.1 Å². The lowest BCUT2D eigenvalue weighted by molar-refractivity contribution is -0.00780. The molecule has 4 rings (SSSR count). The van der Waals surface area contributed by atoms with Gasteiger partial charge in [-0.15, -0.1) is 0 Å². The lowest BCUT2D eigenvalue weighted by Crippen LogP contribution is -2.31. The maximum atomic E-state index is 13.3. The van der Waals surface area contributed by atoms with Gasteiger partial charge in [-0.2, -0.15) is 4.36 Å². The Balaban J connectivity index is 1.72. The van der Waals surface area contributed by atoms with Gasteiger partial charge in [-0.1, -0.05) is 12.1 Å². The normalized spacial score (nSPS) is 18.3. The van der Waals surface area contributed by atoms with Gasteiger partial charge in [0, 0.05) is 37.0 Å². The molecule has 0 unspecified atom stereocenters. The maximum Gasteiger partial charge on any atom is 0.250 e. The quantitative estimate of drug-likeness (QED) is 0.597. The summed E-state index contributed by atoms with van der Waals surface area (Å²) in [4.78, 5) is 8.37. The summed E-state index contributed by atoms with van der Waals surface area (Å²) in [7, 11) is -0.775. The van der Waals surface area contributed by atoms with Gasteiger partial charge in [-0.3, -0.25) is 0 Å². The van der Waals surface area contributed by atoms with Crippen molar-refractivity contribution in [3.63, 3.8) is 0 Å². The van der Waals surface area contributed by atoms with Crippen LogP contribution in [0.2, 0.25) is 0 Å². The second kappa shape index (κ2) is 6.77. The van der Waals surface area contributed by atoms with Crippen LogP contribution in [0.5, 0.6) is 0 Å². The zero-order chi connectivity index (χ0) is 20.1. The Kier molecular flexibility index (Phi) is 4.65. The van der Waals surface area contributed by atoms with E-state index in [1.165, 1.54) is 6.33 Å². The summed E-state index contributed by atoms with van der Waals surface area (Å²) in [6, 6.07) is 7.15. The first-order chi connectivity index (χ1) is 13.2. The van der Waals surface area contributed by atoms with Crippen LogP contribution < -0.4 is 5.73 Å². The highest BCUT2D eigenvalue weighted by atomic mass is 79.9. The van der Waals surface area contributed by atoms with Crippen LogP contribution >= 0.6 is 15.9 Å². The molecule has 2 aromatic heterocycles. The Morgan fingerprint density at radius 3 is 2.50 bits per heavy atom. The Morgan fingerprint density at radius 1 is 1.21 bits per heavy atom. The topological polar surface area (TPSA) is 86.2 Å². The Bertz CT molecular complexity index is 1170. The lowest BCUT2D eigenvalue weighted by atomic mass is 10.1. The summed E-state index contributed by atoms with van der Waals surface area (Å²) in [5.41, 5.74) is 9.00. The van der Waals surface area contributed by atoms with Gasteiger partial charge in [0.05, 0.1) is 25.4 Å². The van der Waals surface area contributed by atoms with Crippen LogP contribution in [0.25, 0.3) is 22.2 Å². The molecular weight excluding hydrogens is 452 g/mol. The number of hydrogen-bond donors (Lipinski definition) is 1. The van der Waals surface area contributed by atoms with Crippen LogP contribution in [0.1, 0.15) is 12.8 Å². The van der Waals surface area contributed by atoms with Gasteiger partial charge in [0.1, 0.15) is 17.8 Å². The van der Waals surface area contributed by atoms with E-state index < -0.39 is 15.7 Å².